The zero-order chi connectivity index (χ0) is 15.4. The Labute approximate surface area is 131 Å². The molecule has 5 heteroatoms. The van der Waals surface area contributed by atoms with Gasteiger partial charge in [-0.25, -0.2) is 0 Å². The van der Waals surface area contributed by atoms with E-state index in [9.17, 15) is 0 Å². The van der Waals surface area contributed by atoms with Crippen molar-refractivity contribution in [2.75, 3.05) is 18.4 Å². The maximum atomic E-state index is 5.17. The molecule has 0 atom stereocenters. The molecule has 5 nitrogen and oxygen atoms in total. The summed E-state index contributed by atoms with van der Waals surface area (Å²) in [6.07, 6.45) is 3.09. The van der Waals surface area contributed by atoms with Crippen LogP contribution in [0.4, 0.5) is 5.69 Å². The summed E-state index contributed by atoms with van der Waals surface area (Å²) in [6.45, 7) is 7.09. The molecule has 2 aromatic rings. The van der Waals surface area contributed by atoms with E-state index in [0.29, 0.717) is 6.04 Å². The lowest BCUT2D eigenvalue weighted by atomic mass is 10.0. The third kappa shape index (κ3) is 3.85. The van der Waals surface area contributed by atoms with Crippen LogP contribution in [0.3, 0.4) is 0 Å². The molecule has 118 valence electrons. The Morgan fingerprint density at radius 2 is 2.14 bits per heavy atom. The number of hydrogen-bond acceptors (Lipinski definition) is 5. The number of likely N-dealkylation sites (tertiary alicyclic amines) is 1. The Kier molecular flexibility index (Phi) is 4.73. The van der Waals surface area contributed by atoms with Crippen molar-refractivity contribution >= 4 is 5.69 Å². The molecule has 1 saturated heterocycles. The van der Waals surface area contributed by atoms with E-state index in [2.05, 4.69) is 51.5 Å². The summed E-state index contributed by atoms with van der Waals surface area (Å²) < 4.78 is 5.17. The second kappa shape index (κ2) is 6.92. The van der Waals surface area contributed by atoms with Crippen molar-refractivity contribution in [2.45, 2.75) is 45.7 Å². The van der Waals surface area contributed by atoms with Gasteiger partial charge >= 0.3 is 0 Å². The normalized spacial score (nSPS) is 16.8. The summed E-state index contributed by atoms with van der Waals surface area (Å²) >= 11 is 0. The summed E-state index contributed by atoms with van der Waals surface area (Å²) in [7, 11) is 0. The predicted octanol–water partition coefficient (Wildman–Crippen LogP) is 3.02. The van der Waals surface area contributed by atoms with Crippen LogP contribution in [0.5, 0.6) is 0 Å². The van der Waals surface area contributed by atoms with Crippen LogP contribution in [0.25, 0.3) is 0 Å². The van der Waals surface area contributed by atoms with Gasteiger partial charge in [0.05, 0.1) is 6.54 Å². The maximum absolute atomic E-state index is 5.17. The Balaban J connectivity index is 1.47. The first kappa shape index (κ1) is 15.0. The number of nitrogens with one attached hydrogen (secondary N) is 1. The van der Waals surface area contributed by atoms with Gasteiger partial charge in [0.15, 0.2) is 5.82 Å². The standard InChI is InChI=1S/C17H24N4O/c1-3-17-19-16(20-22-17)12-21-9-7-14(8-10-21)18-15-6-4-5-13(2)11-15/h4-6,11,14,18H,3,7-10,12H2,1-2H3. The van der Waals surface area contributed by atoms with Crippen molar-refractivity contribution in [1.82, 2.24) is 15.0 Å². The number of aryl methyl sites for hydroxylation is 2. The van der Waals surface area contributed by atoms with Gasteiger partial charge in [-0.2, -0.15) is 4.98 Å². The average molecular weight is 300 g/mol. The van der Waals surface area contributed by atoms with Crippen LogP contribution in [0, 0.1) is 6.92 Å². The SMILES string of the molecule is CCc1nc(CN2CCC(Nc3cccc(C)c3)CC2)no1. The Morgan fingerprint density at radius 3 is 2.82 bits per heavy atom. The zero-order valence-corrected chi connectivity index (χ0v) is 13.4. The van der Waals surface area contributed by atoms with Gasteiger partial charge in [0.25, 0.3) is 0 Å². The van der Waals surface area contributed by atoms with Gasteiger partial charge in [-0.05, 0) is 37.5 Å². The molecule has 0 aliphatic carbocycles. The number of benzene rings is 1. The molecule has 0 bridgehead atoms. The largest absolute Gasteiger partial charge is 0.382 e. The summed E-state index contributed by atoms with van der Waals surface area (Å²) in [5, 5.41) is 7.68. The predicted molar refractivity (Wildman–Crippen MR) is 86.8 cm³/mol. The first-order valence-electron chi connectivity index (χ1n) is 8.10. The monoisotopic (exact) mass is 300 g/mol. The second-order valence-corrected chi connectivity index (χ2v) is 6.02. The van der Waals surface area contributed by atoms with E-state index in [-0.39, 0.29) is 0 Å². The zero-order valence-electron chi connectivity index (χ0n) is 13.4. The fourth-order valence-corrected chi connectivity index (χ4v) is 2.90. The van der Waals surface area contributed by atoms with Gasteiger partial charge in [0.2, 0.25) is 5.89 Å². The van der Waals surface area contributed by atoms with Gasteiger partial charge in [0.1, 0.15) is 0 Å². The smallest absolute Gasteiger partial charge is 0.226 e. The van der Waals surface area contributed by atoms with E-state index in [0.717, 1.165) is 50.6 Å². The minimum absolute atomic E-state index is 0.550. The van der Waals surface area contributed by atoms with Crippen LogP contribution in [-0.2, 0) is 13.0 Å². The fraction of sp³-hybridized carbons (Fsp3) is 0.529. The summed E-state index contributed by atoms with van der Waals surface area (Å²) in [5.74, 6) is 1.54. The summed E-state index contributed by atoms with van der Waals surface area (Å²) in [5.41, 5.74) is 2.52. The highest BCUT2D eigenvalue weighted by molar-refractivity contribution is 5.46. The molecular formula is C17H24N4O. The number of piperidine rings is 1. The summed E-state index contributed by atoms with van der Waals surface area (Å²) in [6, 6.07) is 9.13. The highest BCUT2D eigenvalue weighted by Gasteiger charge is 2.20. The van der Waals surface area contributed by atoms with Crippen LogP contribution in [0.1, 0.15) is 37.0 Å². The van der Waals surface area contributed by atoms with Crippen molar-refractivity contribution in [3.05, 3.63) is 41.5 Å². The van der Waals surface area contributed by atoms with Crippen molar-refractivity contribution in [3.63, 3.8) is 0 Å². The molecule has 1 aliphatic rings. The van der Waals surface area contributed by atoms with Crippen LogP contribution in [0.2, 0.25) is 0 Å². The molecule has 0 unspecified atom stereocenters. The third-order valence-corrected chi connectivity index (χ3v) is 4.15. The Morgan fingerprint density at radius 1 is 1.32 bits per heavy atom. The van der Waals surface area contributed by atoms with Gasteiger partial charge in [-0.1, -0.05) is 24.2 Å². The molecule has 0 amide bonds. The topological polar surface area (TPSA) is 54.2 Å². The Hall–Kier alpha value is -1.88. The lowest BCUT2D eigenvalue weighted by Gasteiger charge is -2.32. The van der Waals surface area contributed by atoms with E-state index in [1.54, 1.807) is 0 Å². The van der Waals surface area contributed by atoms with E-state index < -0.39 is 0 Å². The Bertz CT molecular complexity index is 602. The number of hydrogen-bond donors (Lipinski definition) is 1. The minimum atomic E-state index is 0.550. The number of rotatable bonds is 5. The molecular weight excluding hydrogens is 276 g/mol. The molecule has 1 fully saturated rings. The van der Waals surface area contributed by atoms with E-state index in [1.165, 1.54) is 11.3 Å². The lowest BCUT2D eigenvalue weighted by molar-refractivity contribution is 0.204. The quantitative estimate of drug-likeness (QED) is 0.920. The molecule has 1 aromatic heterocycles. The fourth-order valence-electron chi connectivity index (χ4n) is 2.90. The molecule has 1 N–H and O–H groups in total. The molecule has 22 heavy (non-hydrogen) atoms. The average Bonchev–Trinajstić information content (AvgIpc) is 2.97. The lowest BCUT2D eigenvalue weighted by Crippen LogP contribution is -2.38. The van der Waals surface area contributed by atoms with E-state index in [4.69, 9.17) is 4.52 Å². The maximum Gasteiger partial charge on any atom is 0.226 e. The minimum Gasteiger partial charge on any atom is -0.382 e. The number of aromatic nitrogens is 2. The van der Waals surface area contributed by atoms with Crippen molar-refractivity contribution in [2.24, 2.45) is 0 Å². The van der Waals surface area contributed by atoms with Crippen LogP contribution >= 0.6 is 0 Å². The van der Waals surface area contributed by atoms with Crippen molar-refractivity contribution in [3.8, 4) is 0 Å². The van der Waals surface area contributed by atoms with Crippen molar-refractivity contribution < 1.29 is 4.52 Å². The molecule has 2 heterocycles. The molecule has 0 radical (unpaired) electrons. The van der Waals surface area contributed by atoms with Crippen LogP contribution < -0.4 is 5.32 Å². The van der Waals surface area contributed by atoms with Gasteiger partial charge < -0.3 is 9.84 Å². The van der Waals surface area contributed by atoms with E-state index in [1.807, 2.05) is 6.92 Å². The molecule has 3 rings (SSSR count). The molecule has 1 aliphatic heterocycles. The van der Waals surface area contributed by atoms with Crippen LogP contribution in [0.15, 0.2) is 28.8 Å². The molecule has 0 saturated carbocycles. The van der Waals surface area contributed by atoms with Gasteiger partial charge in [-0.15, -0.1) is 0 Å². The van der Waals surface area contributed by atoms with E-state index >= 15 is 0 Å². The van der Waals surface area contributed by atoms with Gasteiger partial charge in [0, 0.05) is 31.2 Å². The first-order chi connectivity index (χ1) is 10.7. The first-order valence-corrected chi connectivity index (χ1v) is 8.10. The molecule has 0 spiro atoms. The van der Waals surface area contributed by atoms with Crippen molar-refractivity contribution in [1.29, 1.82) is 0 Å². The number of anilines is 1. The number of nitrogens with zero attached hydrogens (tertiary/aromatic N) is 3. The third-order valence-electron chi connectivity index (χ3n) is 4.15. The van der Waals surface area contributed by atoms with Crippen LogP contribution in [-0.4, -0.2) is 34.2 Å². The highest BCUT2D eigenvalue weighted by Crippen LogP contribution is 2.18. The molecule has 1 aromatic carbocycles. The highest BCUT2D eigenvalue weighted by atomic mass is 16.5. The second-order valence-electron chi connectivity index (χ2n) is 6.02. The summed E-state index contributed by atoms with van der Waals surface area (Å²) in [4.78, 5) is 6.79. The van der Waals surface area contributed by atoms with Gasteiger partial charge in [-0.3, -0.25) is 4.90 Å².